The molecule has 0 spiro atoms. The molecular formula is C14H21NO2S. The molecule has 1 amide bonds. The van der Waals surface area contributed by atoms with Gasteiger partial charge in [0, 0.05) is 30.4 Å². The normalized spacial score (nSPS) is 10.7. The second-order valence-electron chi connectivity index (χ2n) is 4.27. The predicted molar refractivity (Wildman–Crippen MR) is 76.3 cm³/mol. The van der Waals surface area contributed by atoms with Crippen molar-refractivity contribution in [2.24, 2.45) is 0 Å². The number of benzene rings is 1. The van der Waals surface area contributed by atoms with E-state index in [-0.39, 0.29) is 5.91 Å². The lowest BCUT2D eigenvalue weighted by Gasteiger charge is -2.11. The molecule has 0 atom stereocenters. The van der Waals surface area contributed by atoms with E-state index in [1.165, 1.54) is 0 Å². The molecule has 0 fully saturated rings. The summed E-state index contributed by atoms with van der Waals surface area (Å²) in [4.78, 5) is 13.1. The van der Waals surface area contributed by atoms with E-state index in [0.29, 0.717) is 18.4 Å². The second kappa shape index (κ2) is 8.16. The Morgan fingerprint density at radius 1 is 1.39 bits per heavy atom. The molecule has 1 aromatic rings. The molecule has 0 unspecified atom stereocenters. The van der Waals surface area contributed by atoms with Crippen LogP contribution in [-0.2, 0) is 4.74 Å². The molecule has 1 rings (SSSR count). The van der Waals surface area contributed by atoms with Gasteiger partial charge in [-0.1, -0.05) is 26.0 Å². The molecule has 0 heterocycles. The largest absolute Gasteiger partial charge is 0.385 e. The number of thioether (sulfide) groups is 1. The number of rotatable bonds is 7. The van der Waals surface area contributed by atoms with Gasteiger partial charge < -0.3 is 10.1 Å². The Kier molecular flexibility index (Phi) is 6.83. The molecule has 0 aromatic heterocycles. The van der Waals surface area contributed by atoms with E-state index >= 15 is 0 Å². The molecule has 1 N–H and O–H groups in total. The minimum absolute atomic E-state index is 0.00477. The molecule has 3 nitrogen and oxygen atoms in total. The molecule has 1 aromatic carbocycles. The van der Waals surface area contributed by atoms with Gasteiger partial charge in [-0.15, -0.1) is 11.8 Å². The maximum absolute atomic E-state index is 12.0. The lowest BCUT2D eigenvalue weighted by atomic mass is 10.2. The topological polar surface area (TPSA) is 38.3 Å². The third-order valence-corrected chi connectivity index (χ3v) is 3.39. The monoisotopic (exact) mass is 267 g/mol. The number of nitrogens with one attached hydrogen (secondary N) is 1. The summed E-state index contributed by atoms with van der Waals surface area (Å²) in [5, 5.41) is 3.38. The number of hydrogen-bond acceptors (Lipinski definition) is 3. The predicted octanol–water partition coefficient (Wildman–Crippen LogP) is 2.95. The molecule has 0 aliphatic carbocycles. The fourth-order valence-corrected chi connectivity index (χ4v) is 2.48. The Labute approximate surface area is 113 Å². The highest BCUT2D eigenvalue weighted by Crippen LogP contribution is 2.26. The second-order valence-corrected chi connectivity index (χ2v) is 5.88. The Morgan fingerprint density at radius 3 is 2.78 bits per heavy atom. The Morgan fingerprint density at radius 2 is 2.11 bits per heavy atom. The molecule has 0 aliphatic heterocycles. The third-order valence-electron chi connectivity index (χ3n) is 2.31. The average Bonchev–Trinajstić information content (AvgIpc) is 2.34. The molecule has 0 bridgehead atoms. The zero-order valence-electron chi connectivity index (χ0n) is 11.2. The first kappa shape index (κ1) is 15.1. The van der Waals surface area contributed by atoms with Crippen LogP contribution in [0.2, 0.25) is 0 Å². The standard InChI is InChI=1S/C14H21NO2S/c1-11(2)18-13-8-5-4-7-12(13)14(16)15-9-6-10-17-3/h4-5,7-8,11H,6,9-10H2,1-3H3,(H,15,16). The summed E-state index contributed by atoms with van der Waals surface area (Å²) in [6.45, 7) is 5.56. The van der Waals surface area contributed by atoms with E-state index in [4.69, 9.17) is 4.74 Å². The van der Waals surface area contributed by atoms with Crippen molar-refractivity contribution in [3.63, 3.8) is 0 Å². The van der Waals surface area contributed by atoms with Crippen LogP contribution in [0.3, 0.4) is 0 Å². The minimum Gasteiger partial charge on any atom is -0.385 e. The number of methoxy groups -OCH3 is 1. The number of hydrogen-bond donors (Lipinski definition) is 1. The quantitative estimate of drug-likeness (QED) is 0.610. The van der Waals surface area contributed by atoms with Crippen molar-refractivity contribution in [3.8, 4) is 0 Å². The average molecular weight is 267 g/mol. The summed E-state index contributed by atoms with van der Waals surface area (Å²) in [5.74, 6) is -0.00477. The van der Waals surface area contributed by atoms with Crippen molar-refractivity contribution in [2.45, 2.75) is 30.4 Å². The van der Waals surface area contributed by atoms with E-state index in [1.54, 1.807) is 18.9 Å². The zero-order valence-corrected chi connectivity index (χ0v) is 12.0. The van der Waals surface area contributed by atoms with E-state index < -0.39 is 0 Å². The maximum atomic E-state index is 12.0. The van der Waals surface area contributed by atoms with Crippen molar-refractivity contribution in [2.75, 3.05) is 20.3 Å². The zero-order chi connectivity index (χ0) is 13.4. The molecular weight excluding hydrogens is 246 g/mol. The SMILES string of the molecule is COCCCNC(=O)c1ccccc1SC(C)C. The van der Waals surface area contributed by atoms with Gasteiger partial charge in [-0.05, 0) is 18.6 Å². The Hall–Kier alpha value is -1.00. The van der Waals surface area contributed by atoms with Crippen molar-refractivity contribution in [1.82, 2.24) is 5.32 Å². The van der Waals surface area contributed by atoms with Gasteiger partial charge in [0.05, 0.1) is 5.56 Å². The van der Waals surface area contributed by atoms with E-state index in [2.05, 4.69) is 19.2 Å². The van der Waals surface area contributed by atoms with Crippen molar-refractivity contribution < 1.29 is 9.53 Å². The number of carbonyl (C=O) groups excluding carboxylic acids is 1. The molecule has 0 saturated heterocycles. The smallest absolute Gasteiger partial charge is 0.252 e. The van der Waals surface area contributed by atoms with Gasteiger partial charge in [-0.3, -0.25) is 4.79 Å². The summed E-state index contributed by atoms with van der Waals surface area (Å²) in [6.07, 6.45) is 0.835. The van der Waals surface area contributed by atoms with Gasteiger partial charge in [0.15, 0.2) is 0 Å². The fourth-order valence-electron chi connectivity index (χ4n) is 1.52. The summed E-state index contributed by atoms with van der Waals surface area (Å²) < 4.78 is 4.95. The Bertz CT molecular complexity index is 380. The number of amides is 1. The first-order chi connectivity index (χ1) is 8.65. The van der Waals surface area contributed by atoms with Crippen LogP contribution in [0.4, 0.5) is 0 Å². The highest BCUT2D eigenvalue weighted by Gasteiger charge is 2.11. The van der Waals surface area contributed by atoms with Crippen LogP contribution in [0.5, 0.6) is 0 Å². The first-order valence-corrected chi connectivity index (χ1v) is 7.06. The fraction of sp³-hybridized carbons (Fsp3) is 0.500. The maximum Gasteiger partial charge on any atom is 0.252 e. The highest BCUT2D eigenvalue weighted by atomic mass is 32.2. The molecule has 4 heteroatoms. The van der Waals surface area contributed by atoms with Crippen LogP contribution in [-0.4, -0.2) is 31.4 Å². The minimum atomic E-state index is -0.00477. The van der Waals surface area contributed by atoms with E-state index in [1.807, 2.05) is 24.3 Å². The van der Waals surface area contributed by atoms with Crippen molar-refractivity contribution >= 4 is 17.7 Å². The van der Waals surface area contributed by atoms with E-state index in [0.717, 1.165) is 16.9 Å². The van der Waals surface area contributed by atoms with Crippen molar-refractivity contribution in [1.29, 1.82) is 0 Å². The lowest BCUT2D eigenvalue weighted by Crippen LogP contribution is -2.25. The summed E-state index contributed by atoms with van der Waals surface area (Å²) >= 11 is 1.71. The van der Waals surface area contributed by atoms with Gasteiger partial charge >= 0.3 is 0 Å². The lowest BCUT2D eigenvalue weighted by molar-refractivity contribution is 0.0945. The van der Waals surface area contributed by atoms with Crippen LogP contribution >= 0.6 is 11.8 Å². The van der Waals surface area contributed by atoms with Crippen molar-refractivity contribution in [3.05, 3.63) is 29.8 Å². The van der Waals surface area contributed by atoms with Gasteiger partial charge in [-0.25, -0.2) is 0 Å². The van der Waals surface area contributed by atoms with Gasteiger partial charge in [0.1, 0.15) is 0 Å². The van der Waals surface area contributed by atoms with Crippen LogP contribution in [0.1, 0.15) is 30.6 Å². The summed E-state index contributed by atoms with van der Waals surface area (Å²) in [5.41, 5.74) is 0.758. The van der Waals surface area contributed by atoms with E-state index in [9.17, 15) is 4.79 Å². The Balaban J connectivity index is 2.61. The van der Waals surface area contributed by atoms with Gasteiger partial charge in [-0.2, -0.15) is 0 Å². The number of ether oxygens (including phenoxy) is 1. The summed E-state index contributed by atoms with van der Waals surface area (Å²) in [7, 11) is 1.66. The van der Waals surface area contributed by atoms with Crippen LogP contribution < -0.4 is 5.32 Å². The number of carbonyl (C=O) groups is 1. The molecule has 0 saturated carbocycles. The van der Waals surface area contributed by atoms with Gasteiger partial charge in [0.2, 0.25) is 0 Å². The molecule has 100 valence electrons. The van der Waals surface area contributed by atoms with Crippen LogP contribution in [0.25, 0.3) is 0 Å². The van der Waals surface area contributed by atoms with Crippen LogP contribution in [0, 0.1) is 0 Å². The molecule has 0 aliphatic rings. The van der Waals surface area contributed by atoms with Gasteiger partial charge in [0.25, 0.3) is 5.91 Å². The molecule has 0 radical (unpaired) electrons. The van der Waals surface area contributed by atoms with Crippen LogP contribution in [0.15, 0.2) is 29.2 Å². The highest BCUT2D eigenvalue weighted by molar-refractivity contribution is 8.00. The first-order valence-electron chi connectivity index (χ1n) is 6.18. The third kappa shape index (κ3) is 5.10. The molecule has 18 heavy (non-hydrogen) atoms. The summed E-state index contributed by atoms with van der Waals surface area (Å²) in [6, 6.07) is 7.73.